The van der Waals surface area contributed by atoms with Crippen LogP contribution in [-0.2, 0) is 9.53 Å². The maximum atomic E-state index is 12.4. The SMILES string of the molecule is Cc1cc(OC(C)C(=O)Nc2ccc(C(=O)OC(C)C)cc2)ccc1C(C)C. The summed E-state index contributed by atoms with van der Waals surface area (Å²) in [6.07, 6.45) is -0.835. The van der Waals surface area contributed by atoms with E-state index < -0.39 is 6.10 Å². The number of hydrogen-bond acceptors (Lipinski definition) is 4. The zero-order valence-corrected chi connectivity index (χ0v) is 17.4. The third-order valence-corrected chi connectivity index (χ3v) is 4.28. The van der Waals surface area contributed by atoms with Crippen LogP contribution in [0.25, 0.3) is 0 Å². The number of carbonyl (C=O) groups is 2. The zero-order valence-electron chi connectivity index (χ0n) is 17.4. The molecule has 5 nitrogen and oxygen atoms in total. The minimum Gasteiger partial charge on any atom is -0.481 e. The van der Waals surface area contributed by atoms with Gasteiger partial charge in [0.05, 0.1) is 11.7 Å². The Morgan fingerprint density at radius 3 is 2.11 bits per heavy atom. The van der Waals surface area contributed by atoms with Crippen molar-refractivity contribution in [2.75, 3.05) is 5.32 Å². The van der Waals surface area contributed by atoms with Crippen LogP contribution in [-0.4, -0.2) is 24.1 Å². The Morgan fingerprint density at radius 2 is 1.57 bits per heavy atom. The topological polar surface area (TPSA) is 64.6 Å². The summed E-state index contributed by atoms with van der Waals surface area (Å²) in [5.74, 6) is 0.458. The Hall–Kier alpha value is -2.82. The third-order valence-electron chi connectivity index (χ3n) is 4.28. The van der Waals surface area contributed by atoms with Gasteiger partial charge in [0, 0.05) is 5.69 Å². The number of esters is 1. The summed E-state index contributed by atoms with van der Waals surface area (Å²) in [4.78, 5) is 24.3. The van der Waals surface area contributed by atoms with Gasteiger partial charge in [-0.1, -0.05) is 19.9 Å². The Bertz CT molecular complexity index is 825. The molecule has 28 heavy (non-hydrogen) atoms. The number of rotatable bonds is 7. The molecule has 0 aliphatic rings. The fraction of sp³-hybridized carbons (Fsp3) is 0.391. The molecule has 0 fully saturated rings. The number of aryl methyl sites for hydroxylation is 1. The molecule has 1 amide bonds. The van der Waals surface area contributed by atoms with Crippen LogP contribution in [0.1, 0.15) is 62.0 Å². The van der Waals surface area contributed by atoms with E-state index in [-0.39, 0.29) is 18.0 Å². The van der Waals surface area contributed by atoms with Crippen LogP contribution in [0.5, 0.6) is 5.75 Å². The van der Waals surface area contributed by atoms with Crippen LogP contribution >= 0.6 is 0 Å². The molecule has 0 saturated heterocycles. The lowest BCUT2D eigenvalue weighted by Crippen LogP contribution is -2.30. The van der Waals surface area contributed by atoms with E-state index in [1.165, 1.54) is 5.56 Å². The number of anilines is 1. The molecular weight excluding hydrogens is 354 g/mol. The normalized spacial score (nSPS) is 12.0. The molecule has 1 atom stereocenters. The van der Waals surface area contributed by atoms with E-state index in [0.29, 0.717) is 22.9 Å². The van der Waals surface area contributed by atoms with E-state index in [4.69, 9.17) is 9.47 Å². The van der Waals surface area contributed by atoms with Crippen LogP contribution in [0.15, 0.2) is 42.5 Å². The van der Waals surface area contributed by atoms with Crippen molar-refractivity contribution in [3.8, 4) is 5.75 Å². The lowest BCUT2D eigenvalue weighted by molar-refractivity contribution is -0.122. The van der Waals surface area contributed by atoms with Gasteiger partial charge in [-0.3, -0.25) is 4.79 Å². The highest BCUT2D eigenvalue weighted by molar-refractivity contribution is 5.95. The highest BCUT2D eigenvalue weighted by Gasteiger charge is 2.16. The van der Waals surface area contributed by atoms with Crippen molar-refractivity contribution in [3.05, 3.63) is 59.2 Å². The molecule has 0 heterocycles. The summed E-state index contributed by atoms with van der Waals surface area (Å²) in [6.45, 7) is 11.6. The van der Waals surface area contributed by atoms with Gasteiger partial charge in [0.15, 0.2) is 6.10 Å². The fourth-order valence-corrected chi connectivity index (χ4v) is 2.84. The van der Waals surface area contributed by atoms with Gasteiger partial charge in [0.1, 0.15) is 5.75 Å². The second kappa shape index (κ2) is 9.40. The Balaban J connectivity index is 1.97. The first-order valence-electron chi connectivity index (χ1n) is 9.56. The minimum absolute atomic E-state index is 0.178. The van der Waals surface area contributed by atoms with Crippen LogP contribution in [0.2, 0.25) is 0 Å². The quantitative estimate of drug-likeness (QED) is 0.677. The van der Waals surface area contributed by atoms with Crippen molar-refractivity contribution in [1.29, 1.82) is 0 Å². The molecular formula is C23H29NO4. The van der Waals surface area contributed by atoms with Gasteiger partial charge in [-0.15, -0.1) is 0 Å². The molecule has 2 rings (SSSR count). The Kier molecular flexibility index (Phi) is 7.21. The van der Waals surface area contributed by atoms with Crippen LogP contribution in [0.4, 0.5) is 5.69 Å². The van der Waals surface area contributed by atoms with E-state index in [1.54, 1.807) is 45.0 Å². The number of hydrogen-bond donors (Lipinski definition) is 1. The molecule has 0 aliphatic heterocycles. The van der Waals surface area contributed by atoms with Crippen molar-refractivity contribution in [2.24, 2.45) is 0 Å². The molecule has 0 aromatic heterocycles. The van der Waals surface area contributed by atoms with E-state index in [2.05, 4.69) is 19.2 Å². The number of nitrogens with one attached hydrogen (secondary N) is 1. The fourth-order valence-electron chi connectivity index (χ4n) is 2.84. The Morgan fingerprint density at radius 1 is 0.929 bits per heavy atom. The number of carbonyl (C=O) groups excluding carboxylic acids is 2. The monoisotopic (exact) mass is 383 g/mol. The highest BCUT2D eigenvalue weighted by Crippen LogP contribution is 2.24. The van der Waals surface area contributed by atoms with E-state index in [0.717, 1.165) is 5.56 Å². The molecule has 0 spiro atoms. The van der Waals surface area contributed by atoms with E-state index >= 15 is 0 Å². The van der Waals surface area contributed by atoms with Gasteiger partial charge in [0.2, 0.25) is 0 Å². The molecule has 150 valence electrons. The maximum absolute atomic E-state index is 12.4. The van der Waals surface area contributed by atoms with Crippen LogP contribution in [0, 0.1) is 6.92 Å². The molecule has 1 N–H and O–H groups in total. The average molecular weight is 383 g/mol. The minimum atomic E-state index is -0.658. The summed E-state index contributed by atoms with van der Waals surface area (Å²) in [5.41, 5.74) is 3.44. The summed E-state index contributed by atoms with van der Waals surface area (Å²) in [7, 11) is 0. The Labute approximate surface area is 167 Å². The van der Waals surface area contributed by atoms with Crippen molar-refractivity contribution in [1.82, 2.24) is 0 Å². The van der Waals surface area contributed by atoms with Crippen molar-refractivity contribution >= 4 is 17.6 Å². The standard InChI is InChI=1S/C23H29NO4/c1-14(2)21-12-11-20(13-16(21)5)28-17(6)22(25)24-19-9-7-18(8-10-19)23(26)27-15(3)4/h7-15,17H,1-6H3,(H,24,25). The summed E-state index contributed by atoms with van der Waals surface area (Å²) >= 11 is 0. The molecule has 2 aromatic carbocycles. The first kappa shape index (κ1) is 21.5. The second-order valence-electron chi connectivity index (χ2n) is 7.45. The van der Waals surface area contributed by atoms with Crippen molar-refractivity contribution < 1.29 is 19.1 Å². The highest BCUT2D eigenvalue weighted by atomic mass is 16.5. The molecule has 1 unspecified atom stereocenters. The third kappa shape index (κ3) is 5.84. The molecule has 0 aliphatic carbocycles. The second-order valence-corrected chi connectivity index (χ2v) is 7.45. The zero-order chi connectivity index (χ0) is 20.8. The lowest BCUT2D eigenvalue weighted by Gasteiger charge is -2.17. The largest absolute Gasteiger partial charge is 0.481 e. The lowest BCUT2D eigenvalue weighted by atomic mass is 9.98. The van der Waals surface area contributed by atoms with Gasteiger partial charge < -0.3 is 14.8 Å². The smallest absolute Gasteiger partial charge is 0.338 e. The maximum Gasteiger partial charge on any atom is 0.338 e. The predicted octanol–water partition coefficient (Wildman–Crippen LogP) is 5.09. The summed E-state index contributed by atoms with van der Waals surface area (Å²) in [6, 6.07) is 12.5. The van der Waals surface area contributed by atoms with Gasteiger partial charge in [-0.2, -0.15) is 0 Å². The van der Waals surface area contributed by atoms with Gasteiger partial charge in [-0.05, 0) is 81.1 Å². The number of ether oxygens (including phenoxy) is 2. The molecule has 0 bridgehead atoms. The summed E-state index contributed by atoms with van der Waals surface area (Å²) < 4.78 is 10.9. The van der Waals surface area contributed by atoms with Gasteiger partial charge >= 0.3 is 5.97 Å². The van der Waals surface area contributed by atoms with E-state index in [9.17, 15) is 9.59 Å². The molecule has 0 radical (unpaired) electrons. The van der Waals surface area contributed by atoms with E-state index in [1.807, 2.05) is 25.1 Å². The van der Waals surface area contributed by atoms with Crippen molar-refractivity contribution in [3.63, 3.8) is 0 Å². The number of benzene rings is 2. The van der Waals surface area contributed by atoms with Crippen molar-refractivity contribution in [2.45, 2.75) is 59.7 Å². The van der Waals surface area contributed by atoms with Crippen LogP contribution < -0.4 is 10.1 Å². The molecule has 2 aromatic rings. The average Bonchev–Trinajstić information content (AvgIpc) is 2.61. The number of amides is 1. The van der Waals surface area contributed by atoms with Crippen LogP contribution in [0.3, 0.4) is 0 Å². The van der Waals surface area contributed by atoms with Gasteiger partial charge in [-0.25, -0.2) is 4.79 Å². The van der Waals surface area contributed by atoms with Gasteiger partial charge in [0.25, 0.3) is 5.91 Å². The summed E-state index contributed by atoms with van der Waals surface area (Å²) in [5, 5.41) is 2.80. The molecule has 5 heteroatoms. The predicted molar refractivity (Wildman–Crippen MR) is 111 cm³/mol. The molecule has 0 saturated carbocycles. The first-order chi connectivity index (χ1) is 13.2. The first-order valence-corrected chi connectivity index (χ1v) is 9.56.